The Morgan fingerprint density at radius 2 is 1.55 bits per heavy atom. The average Bonchev–Trinajstić information content (AvgIpc) is 2.59. The maximum Gasteiger partial charge on any atom is 0.0297 e. The van der Waals surface area contributed by atoms with Crippen LogP contribution >= 0.6 is 0 Å². The van der Waals surface area contributed by atoms with E-state index in [9.17, 15) is 0 Å². The molecule has 0 aliphatic heterocycles. The standard InChI is InChI=1S/C21H23N/c1-17(22-16-8-11-18-9-3-2-4-10-18)20-15-7-13-19-12-5-6-14-21(19)20/h2-7,9-10,12-15,17,22H,8,11,16H2,1H3. The van der Waals surface area contributed by atoms with E-state index in [1.165, 1.54) is 28.3 Å². The van der Waals surface area contributed by atoms with Gasteiger partial charge in [0.25, 0.3) is 0 Å². The van der Waals surface area contributed by atoms with E-state index in [0.717, 1.165) is 13.0 Å². The lowest BCUT2D eigenvalue weighted by Gasteiger charge is -2.16. The Morgan fingerprint density at radius 1 is 0.818 bits per heavy atom. The van der Waals surface area contributed by atoms with Crippen molar-refractivity contribution in [3.05, 3.63) is 83.9 Å². The van der Waals surface area contributed by atoms with Crippen molar-refractivity contribution in [1.82, 2.24) is 5.32 Å². The second kappa shape index (κ2) is 7.24. The van der Waals surface area contributed by atoms with Crippen LogP contribution in [0, 0.1) is 0 Å². The van der Waals surface area contributed by atoms with Crippen LogP contribution in [0.1, 0.15) is 30.5 Å². The summed E-state index contributed by atoms with van der Waals surface area (Å²) < 4.78 is 0. The van der Waals surface area contributed by atoms with Crippen molar-refractivity contribution >= 4 is 10.8 Å². The maximum absolute atomic E-state index is 3.66. The van der Waals surface area contributed by atoms with Crippen molar-refractivity contribution in [3.8, 4) is 0 Å². The fourth-order valence-corrected chi connectivity index (χ4v) is 2.99. The molecule has 0 aliphatic carbocycles. The molecule has 1 nitrogen and oxygen atoms in total. The van der Waals surface area contributed by atoms with Gasteiger partial charge in [-0.2, -0.15) is 0 Å². The minimum absolute atomic E-state index is 0.377. The van der Waals surface area contributed by atoms with Crippen LogP contribution in [0.3, 0.4) is 0 Å². The van der Waals surface area contributed by atoms with E-state index in [-0.39, 0.29) is 0 Å². The van der Waals surface area contributed by atoms with Crippen molar-refractivity contribution in [3.63, 3.8) is 0 Å². The topological polar surface area (TPSA) is 12.0 Å². The molecule has 3 aromatic rings. The minimum atomic E-state index is 0.377. The predicted molar refractivity (Wildman–Crippen MR) is 95.1 cm³/mol. The van der Waals surface area contributed by atoms with Crippen molar-refractivity contribution < 1.29 is 0 Å². The third-order valence-electron chi connectivity index (χ3n) is 4.23. The maximum atomic E-state index is 3.66. The average molecular weight is 289 g/mol. The Balaban J connectivity index is 1.58. The third-order valence-corrected chi connectivity index (χ3v) is 4.23. The monoisotopic (exact) mass is 289 g/mol. The van der Waals surface area contributed by atoms with Gasteiger partial charge >= 0.3 is 0 Å². The van der Waals surface area contributed by atoms with E-state index >= 15 is 0 Å². The lowest BCUT2D eigenvalue weighted by molar-refractivity contribution is 0.561. The zero-order valence-corrected chi connectivity index (χ0v) is 13.1. The fourth-order valence-electron chi connectivity index (χ4n) is 2.99. The molecule has 0 aromatic heterocycles. The number of aryl methyl sites for hydroxylation is 1. The minimum Gasteiger partial charge on any atom is -0.310 e. The lowest BCUT2D eigenvalue weighted by atomic mass is 9.99. The highest BCUT2D eigenvalue weighted by Crippen LogP contribution is 2.23. The summed E-state index contributed by atoms with van der Waals surface area (Å²) >= 11 is 0. The number of hydrogen-bond acceptors (Lipinski definition) is 1. The predicted octanol–water partition coefficient (Wildman–Crippen LogP) is 5.12. The summed E-state index contributed by atoms with van der Waals surface area (Å²) in [5, 5.41) is 6.33. The summed E-state index contributed by atoms with van der Waals surface area (Å²) in [5.41, 5.74) is 2.81. The van der Waals surface area contributed by atoms with Gasteiger partial charge in [0.1, 0.15) is 0 Å². The van der Waals surface area contributed by atoms with Crippen LogP contribution in [0.15, 0.2) is 72.8 Å². The molecule has 3 aromatic carbocycles. The van der Waals surface area contributed by atoms with Crippen LogP contribution in [0.25, 0.3) is 10.8 Å². The Labute approximate surface area is 133 Å². The Kier molecular flexibility index (Phi) is 4.87. The molecule has 0 amide bonds. The van der Waals surface area contributed by atoms with E-state index in [1.54, 1.807) is 0 Å². The van der Waals surface area contributed by atoms with Gasteiger partial charge in [0.2, 0.25) is 0 Å². The third kappa shape index (κ3) is 3.55. The molecule has 0 saturated heterocycles. The summed E-state index contributed by atoms with van der Waals surface area (Å²) in [6, 6.07) is 26.3. The first-order valence-electron chi connectivity index (χ1n) is 8.09. The number of benzene rings is 3. The second-order valence-corrected chi connectivity index (χ2v) is 5.83. The molecule has 0 aliphatic rings. The number of rotatable bonds is 6. The van der Waals surface area contributed by atoms with Crippen molar-refractivity contribution in [1.29, 1.82) is 0 Å². The smallest absolute Gasteiger partial charge is 0.0297 e. The van der Waals surface area contributed by atoms with E-state index < -0.39 is 0 Å². The summed E-state index contributed by atoms with van der Waals surface area (Å²) in [6.07, 6.45) is 2.30. The van der Waals surface area contributed by atoms with Gasteiger partial charge in [0, 0.05) is 6.04 Å². The summed E-state index contributed by atoms with van der Waals surface area (Å²) in [4.78, 5) is 0. The Bertz CT molecular complexity index is 713. The molecule has 0 bridgehead atoms. The Hall–Kier alpha value is -2.12. The van der Waals surface area contributed by atoms with Gasteiger partial charge in [-0.3, -0.25) is 0 Å². The van der Waals surface area contributed by atoms with E-state index in [4.69, 9.17) is 0 Å². The molecule has 22 heavy (non-hydrogen) atoms. The van der Waals surface area contributed by atoms with Gasteiger partial charge in [0.15, 0.2) is 0 Å². The van der Waals surface area contributed by atoms with E-state index in [0.29, 0.717) is 6.04 Å². The van der Waals surface area contributed by atoms with E-state index in [2.05, 4.69) is 85.0 Å². The van der Waals surface area contributed by atoms with Gasteiger partial charge < -0.3 is 5.32 Å². The normalized spacial score (nSPS) is 12.4. The number of nitrogens with one attached hydrogen (secondary N) is 1. The van der Waals surface area contributed by atoms with Crippen LogP contribution in [0.4, 0.5) is 0 Å². The molecular weight excluding hydrogens is 266 g/mol. The van der Waals surface area contributed by atoms with Gasteiger partial charge in [0.05, 0.1) is 0 Å². The molecular formula is C21H23N. The molecule has 0 saturated carbocycles. The zero-order valence-electron chi connectivity index (χ0n) is 13.1. The molecule has 1 unspecified atom stereocenters. The Morgan fingerprint density at radius 3 is 2.41 bits per heavy atom. The molecule has 1 heteroatoms. The first-order valence-corrected chi connectivity index (χ1v) is 8.09. The van der Waals surface area contributed by atoms with E-state index in [1.807, 2.05) is 0 Å². The van der Waals surface area contributed by atoms with Crippen LogP contribution in [-0.4, -0.2) is 6.54 Å². The molecule has 0 heterocycles. The quantitative estimate of drug-likeness (QED) is 0.621. The first kappa shape index (κ1) is 14.8. The van der Waals surface area contributed by atoms with Gasteiger partial charge in [-0.15, -0.1) is 0 Å². The lowest BCUT2D eigenvalue weighted by Crippen LogP contribution is -2.20. The van der Waals surface area contributed by atoms with Crippen LogP contribution in [0.5, 0.6) is 0 Å². The summed E-state index contributed by atoms with van der Waals surface area (Å²) in [5.74, 6) is 0. The first-order chi connectivity index (χ1) is 10.8. The second-order valence-electron chi connectivity index (χ2n) is 5.83. The molecule has 112 valence electrons. The van der Waals surface area contributed by atoms with Crippen molar-refractivity contribution in [2.24, 2.45) is 0 Å². The molecule has 1 atom stereocenters. The van der Waals surface area contributed by atoms with Crippen LogP contribution in [0.2, 0.25) is 0 Å². The molecule has 0 spiro atoms. The van der Waals surface area contributed by atoms with Crippen LogP contribution in [-0.2, 0) is 6.42 Å². The highest BCUT2D eigenvalue weighted by atomic mass is 14.9. The van der Waals surface area contributed by atoms with Crippen molar-refractivity contribution in [2.75, 3.05) is 6.54 Å². The highest BCUT2D eigenvalue weighted by Gasteiger charge is 2.08. The molecule has 3 rings (SSSR count). The SMILES string of the molecule is CC(NCCCc1ccccc1)c1cccc2ccccc12. The van der Waals surface area contributed by atoms with Crippen molar-refractivity contribution in [2.45, 2.75) is 25.8 Å². The zero-order chi connectivity index (χ0) is 15.2. The van der Waals surface area contributed by atoms with Gasteiger partial charge in [-0.25, -0.2) is 0 Å². The summed E-state index contributed by atoms with van der Waals surface area (Å²) in [7, 11) is 0. The van der Waals surface area contributed by atoms with Gasteiger partial charge in [-0.1, -0.05) is 72.8 Å². The number of fused-ring (bicyclic) bond motifs is 1. The summed E-state index contributed by atoms with van der Waals surface area (Å²) in [6.45, 7) is 3.30. The molecule has 0 fully saturated rings. The highest BCUT2D eigenvalue weighted by molar-refractivity contribution is 5.86. The largest absolute Gasteiger partial charge is 0.310 e. The number of hydrogen-bond donors (Lipinski definition) is 1. The fraction of sp³-hybridized carbons (Fsp3) is 0.238. The van der Waals surface area contributed by atoms with Gasteiger partial charge in [-0.05, 0) is 48.2 Å². The molecule has 0 radical (unpaired) electrons. The van der Waals surface area contributed by atoms with Crippen LogP contribution < -0.4 is 5.32 Å². The molecule has 1 N–H and O–H groups in total.